The number of carbonyl (C=O) groups is 4. The molecule has 1 aromatic rings. The van der Waals surface area contributed by atoms with Crippen LogP contribution in [0.25, 0.3) is 0 Å². The fourth-order valence-electron chi connectivity index (χ4n) is 3.13. The van der Waals surface area contributed by atoms with Crippen LogP contribution in [0, 0.1) is 5.92 Å². The maximum absolute atomic E-state index is 12.1. The minimum atomic E-state index is -1.41. The number of rotatable bonds is 14. The second kappa shape index (κ2) is 16.3. The number of carbonyl (C=O) groups excluding carboxylic acids is 3. The molecule has 0 radical (unpaired) electrons. The predicted molar refractivity (Wildman–Crippen MR) is 131 cm³/mol. The maximum Gasteiger partial charge on any atom is 0.513 e. The van der Waals surface area contributed by atoms with Crippen LogP contribution in [0.3, 0.4) is 0 Å². The Hall–Kier alpha value is -3.54. The average molecular weight is 528 g/mol. The summed E-state index contributed by atoms with van der Waals surface area (Å²) < 4.78 is 30.5. The SMILES string of the molecule is CCCOC(=O)Oc1ccc(C(C(C)COC(=O)OC(C)CC)[C@H](N)C(=O)O)cc1OC(=O)OCCC. The number of hydrogen-bond acceptors (Lipinski definition) is 11. The van der Waals surface area contributed by atoms with E-state index in [1.807, 2.05) is 6.92 Å². The van der Waals surface area contributed by atoms with E-state index in [0.29, 0.717) is 24.8 Å². The second-order valence-corrected chi connectivity index (χ2v) is 8.37. The molecule has 0 fully saturated rings. The molecule has 0 aliphatic rings. The van der Waals surface area contributed by atoms with Gasteiger partial charge in [0.1, 0.15) is 12.1 Å². The van der Waals surface area contributed by atoms with Gasteiger partial charge in [-0.1, -0.05) is 33.8 Å². The molecule has 0 saturated heterocycles. The summed E-state index contributed by atoms with van der Waals surface area (Å²) in [5.74, 6) is -3.16. The van der Waals surface area contributed by atoms with Gasteiger partial charge in [0.05, 0.1) is 19.8 Å². The third-order valence-corrected chi connectivity index (χ3v) is 5.21. The Morgan fingerprint density at radius 3 is 1.95 bits per heavy atom. The number of nitrogens with two attached hydrogens (primary N) is 1. The summed E-state index contributed by atoms with van der Waals surface area (Å²) in [6, 6.07) is 2.69. The Bertz CT molecular complexity index is 905. The molecule has 0 aliphatic carbocycles. The molecule has 3 N–H and O–H groups in total. The highest BCUT2D eigenvalue weighted by Crippen LogP contribution is 2.36. The van der Waals surface area contributed by atoms with Crippen molar-refractivity contribution in [3.8, 4) is 11.5 Å². The summed E-state index contributed by atoms with van der Waals surface area (Å²) in [6.45, 7) is 8.83. The van der Waals surface area contributed by atoms with Crippen LogP contribution < -0.4 is 15.2 Å². The van der Waals surface area contributed by atoms with Gasteiger partial charge in [0, 0.05) is 5.92 Å². The van der Waals surface area contributed by atoms with Crippen LogP contribution in [0.2, 0.25) is 0 Å². The van der Waals surface area contributed by atoms with E-state index in [0.717, 1.165) is 0 Å². The quantitative estimate of drug-likeness (QED) is 0.196. The number of aliphatic carboxylic acids is 1. The normalized spacial score (nSPS) is 13.9. The number of hydrogen-bond donors (Lipinski definition) is 2. The van der Waals surface area contributed by atoms with Gasteiger partial charge in [-0.2, -0.15) is 0 Å². The molecule has 0 aliphatic heterocycles. The lowest BCUT2D eigenvalue weighted by Crippen LogP contribution is -2.40. The first-order valence-electron chi connectivity index (χ1n) is 12.2. The first-order chi connectivity index (χ1) is 17.5. The van der Waals surface area contributed by atoms with Gasteiger partial charge in [0.2, 0.25) is 0 Å². The molecule has 0 bridgehead atoms. The van der Waals surface area contributed by atoms with Crippen LogP contribution in [0.5, 0.6) is 11.5 Å². The largest absolute Gasteiger partial charge is 0.513 e. The van der Waals surface area contributed by atoms with E-state index in [9.17, 15) is 24.3 Å². The van der Waals surface area contributed by atoms with Gasteiger partial charge in [-0.3, -0.25) is 4.79 Å². The average Bonchev–Trinajstić information content (AvgIpc) is 2.86. The summed E-state index contributed by atoms with van der Waals surface area (Å²) in [5, 5.41) is 9.61. The zero-order valence-corrected chi connectivity index (χ0v) is 21.9. The summed E-state index contributed by atoms with van der Waals surface area (Å²) >= 11 is 0. The van der Waals surface area contributed by atoms with Crippen molar-refractivity contribution in [3.05, 3.63) is 23.8 Å². The van der Waals surface area contributed by atoms with Crippen molar-refractivity contribution in [2.45, 2.75) is 71.9 Å². The highest BCUT2D eigenvalue weighted by molar-refractivity contribution is 5.75. The van der Waals surface area contributed by atoms with E-state index >= 15 is 0 Å². The molecule has 0 amide bonds. The van der Waals surface area contributed by atoms with Crippen molar-refractivity contribution in [3.63, 3.8) is 0 Å². The van der Waals surface area contributed by atoms with Gasteiger partial charge < -0.3 is 39.3 Å². The van der Waals surface area contributed by atoms with E-state index in [2.05, 4.69) is 0 Å². The van der Waals surface area contributed by atoms with Crippen LogP contribution in [0.1, 0.15) is 65.4 Å². The second-order valence-electron chi connectivity index (χ2n) is 8.37. The highest BCUT2D eigenvalue weighted by Gasteiger charge is 2.33. The first-order valence-corrected chi connectivity index (χ1v) is 12.2. The molecule has 0 aromatic heterocycles. The summed E-state index contributed by atoms with van der Waals surface area (Å²) in [6.07, 6.45) is -1.57. The molecule has 1 rings (SSSR count). The summed E-state index contributed by atoms with van der Waals surface area (Å²) in [5.41, 5.74) is 6.31. The number of carboxylic acids is 1. The Morgan fingerprint density at radius 2 is 1.43 bits per heavy atom. The molecule has 12 nitrogen and oxygen atoms in total. The van der Waals surface area contributed by atoms with E-state index in [4.69, 9.17) is 34.2 Å². The summed E-state index contributed by atoms with van der Waals surface area (Å²) in [4.78, 5) is 47.8. The number of carboxylic acid groups (broad SMARTS) is 1. The zero-order valence-electron chi connectivity index (χ0n) is 21.9. The lowest BCUT2D eigenvalue weighted by atomic mass is 9.82. The van der Waals surface area contributed by atoms with Crippen molar-refractivity contribution >= 4 is 24.4 Å². The zero-order chi connectivity index (χ0) is 28.0. The monoisotopic (exact) mass is 527 g/mol. The number of benzene rings is 1. The van der Waals surface area contributed by atoms with Crippen molar-refractivity contribution in [2.75, 3.05) is 19.8 Å². The summed E-state index contributed by atoms with van der Waals surface area (Å²) in [7, 11) is 0. The van der Waals surface area contributed by atoms with Gasteiger partial charge in [0.25, 0.3) is 0 Å². The Labute approximate surface area is 216 Å². The van der Waals surface area contributed by atoms with Gasteiger partial charge in [0.15, 0.2) is 11.5 Å². The molecule has 4 atom stereocenters. The molecule has 208 valence electrons. The van der Waals surface area contributed by atoms with E-state index in [1.165, 1.54) is 18.2 Å². The van der Waals surface area contributed by atoms with Crippen LogP contribution in [0.15, 0.2) is 18.2 Å². The molecule has 0 heterocycles. The molecule has 0 spiro atoms. The molecule has 0 saturated carbocycles. The molecule has 1 aromatic carbocycles. The topological polar surface area (TPSA) is 170 Å². The van der Waals surface area contributed by atoms with Crippen LogP contribution >= 0.6 is 0 Å². The Kier molecular flexibility index (Phi) is 13.8. The van der Waals surface area contributed by atoms with Crippen molar-refractivity contribution in [1.82, 2.24) is 0 Å². The van der Waals surface area contributed by atoms with Crippen molar-refractivity contribution in [1.29, 1.82) is 0 Å². The van der Waals surface area contributed by atoms with Crippen LogP contribution in [-0.4, -0.2) is 61.5 Å². The minimum Gasteiger partial charge on any atom is -0.480 e. The van der Waals surface area contributed by atoms with Crippen molar-refractivity contribution in [2.24, 2.45) is 11.7 Å². The van der Waals surface area contributed by atoms with Crippen LogP contribution in [0.4, 0.5) is 14.4 Å². The molecule has 3 unspecified atom stereocenters. The third kappa shape index (κ3) is 10.9. The Morgan fingerprint density at radius 1 is 0.865 bits per heavy atom. The van der Waals surface area contributed by atoms with Gasteiger partial charge >= 0.3 is 24.4 Å². The maximum atomic E-state index is 12.1. The van der Waals surface area contributed by atoms with Crippen LogP contribution in [-0.2, 0) is 23.7 Å². The fourth-order valence-corrected chi connectivity index (χ4v) is 3.13. The predicted octanol–water partition coefficient (Wildman–Crippen LogP) is 4.62. The molecule has 37 heavy (non-hydrogen) atoms. The lowest BCUT2D eigenvalue weighted by Gasteiger charge is -2.28. The fraction of sp³-hybridized carbons (Fsp3) is 0.600. The Balaban J connectivity index is 3.27. The van der Waals surface area contributed by atoms with E-state index in [-0.39, 0.29) is 37.4 Å². The van der Waals surface area contributed by atoms with Gasteiger partial charge in [-0.15, -0.1) is 0 Å². The van der Waals surface area contributed by atoms with Gasteiger partial charge in [-0.25, -0.2) is 14.4 Å². The smallest absolute Gasteiger partial charge is 0.480 e. The van der Waals surface area contributed by atoms with E-state index in [1.54, 1.807) is 27.7 Å². The lowest BCUT2D eigenvalue weighted by molar-refractivity contribution is -0.139. The third-order valence-electron chi connectivity index (χ3n) is 5.21. The van der Waals surface area contributed by atoms with E-state index < -0.39 is 42.3 Å². The first kappa shape index (κ1) is 31.5. The number of ether oxygens (including phenoxy) is 6. The standard InChI is InChI=1S/C25H37NO11/c1-6-11-32-23(29)36-18-10-9-17(13-19(18)37-24(30)33-12-7-2)20(21(26)22(27)28)15(4)14-34-25(31)35-16(5)8-3/h9-10,13,15-16,20-21H,6-8,11-12,14,26H2,1-5H3,(H,27,28)/t15?,16?,20?,21-/m0/s1. The molecular formula is C25H37NO11. The molecular weight excluding hydrogens is 490 g/mol. The molecule has 12 heteroatoms. The van der Waals surface area contributed by atoms with Crippen molar-refractivity contribution < 1.29 is 52.7 Å². The van der Waals surface area contributed by atoms with Gasteiger partial charge in [-0.05, 0) is 49.8 Å². The highest BCUT2D eigenvalue weighted by atomic mass is 16.7. The minimum absolute atomic E-state index is 0.0981.